The van der Waals surface area contributed by atoms with Crippen molar-refractivity contribution in [1.82, 2.24) is 4.98 Å². The maximum absolute atomic E-state index is 5.98. The van der Waals surface area contributed by atoms with Gasteiger partial charge in [0, 0.05) is 12.4 Å². The Bertz CT molecular complexity index is 282. The average Bonchev–Trinajstić information content (AvgIpc) is 2.19. The third-order valence-corrected chi connectivity index (χ3v) is 2.94. The minimum atomic E-state index is -0.114. The van der Waals surface area contributed by atoms with Crippen LogP contribution in [0, 0.1) is 5.92 Å². The molecule has 1 atom stereocenters. The second-order valence-electron chi connectivity index (χ2n) is 4.58. The van der Waals surface area contributed by atoms with Gasteiger partial charge in [0.05, 0.1) is 0 Å². The molecule has 2 heteroatoms. The second-order valence-corrected chi connectivity index (χ2v) is 4.58. The van der Waals surface area contributed by atoms with Crippen LogP contribution in [-0.4, -0.2) is 10.6 Å². The van der Waals surface area contributed by atoms with E-state index in [1.54, 1.807) is 12.4 Å². The highest BCUT2D eigenvalue weighted by atomic mass is 16.5. The van der Waals surface area contributed by atoms with E-state index < -0.39 is 0 Å². The monoisotopic (exact) mass is 207 g/mol. The first-order valence-electron chi connectivity index (χ1n) is 5.65. The Morgan fingerprint density at radius 3 is 2.47 bits per heavy atom. The number of nitrogens with zero attached hydrogens (tertiary/aromatic N) is 1. The Balaban J connectivity index is 2.63. The van der Waals surface area contributed by atoms with Crippen molar-refractivity contribution >= 4 is 0 Å². The summed E-state index contributed by atoms with van der Waals surface area (Å²) in [6, 6.07) is 3.81. The lowest BCUT2D eigenvalue weighted by atomic mass is 9.89. The van der Waals surface area contributed by atoms with Gasteiger partial charge in [-0.25, -0.2) is 0 Å². The molecule has 0 radical (unpaired) electrons. The molecule has 0 aliphatic heterocycles. The van der Waals surface area contributed by atoms with Crippen molar-refractivity contribution in [1.29, 1.82) is 0 Å². The summed E-state index contributed by atoms with van der Waals surface area (Å²) in [5.41, 5.74) is -0.114. The van der Waals surface area contributed by atoms with Crippen LogP contribution in [0.1, 0.15) is 40.5 Å². The molecule has 0 bridgehead atoms. The summed E-state index contributed by atoms with van der Waals surface area (Å²) in [6.45, 7) is 8.74. The standard InChI is InChI=1S/C13H21NO/c1-5-6-11(2)13(3,4)15-12-7-9-14-10-8-12/h7-11H,5-6H2,1-4H3. The van der Waals surface area contributed by atoms with E-state index in [1.807, 2.05) is 12.1 Å². The number of rotatable bonds is 5. The molecule has 0 aliphatic carbocycles. The van der Waals surface area contributed by atoms with E-state index in [1.165, 1.54) is 12.8 Å². The van der Waals surface area contributed by atoms with E-state index in [9.17, 15) is 0 Å². The zero-order valence-electron chi connectivity index (χ0n) is 10.2. The zero-order chi connectivity index (χ0) is 11.3. The van der Waals surface area contributed by atoms with E-state index in [0.717, 1.165) is 5.75 Å². The van der Waals surface area contributed by atoms with Gasteiger partial charge in [0.15, 0.2) is 0 Å². The average molecular weight is 207 g/mol. The Hall–Kier alpha value is -1.05. The normalized spacial score (nSPS) is 13.6. The van der Waals surface area contributed by atoms with Crippen molar-refractivity contribution in [2.45, 2.75) is 46.1 Å². The summed E-state index contributed by atoms with van der Waals surface area (Å²) >= 11 is 0. The van der Waals surface area contributed by atoms with Crippen molar-refractivity contribution in [2.75, 3.05) is 0 Å². The van der Waals surface area contributed by atoms with Crippen LogP contribution in [0.25, 0.3) is 0 Å². The summed E-state index contributed by atoms with van der Waals surface area (Å²) in [5.74, 6) is 1.45. The van der Waals surface area contributed by atoms with Crippen LogP contribution >= 0.6 is 0 Å². The molecule has 84 valence electrons. The predicted octanol–water partition coefficient (Wildman–Crippen LogP) is 3.68. The van der Waals surface area contributed by atoms with Crippen molar-refractivity contribution in [2.24, 2.45) is 5.92 Å². The highest BCUT2D eigenvalue weighted by molar-refractivity contribution is 5.18. The van der Waals surface area contributed by atoms with Gasteiger partial charge in [-0.05, 0) is 38.3 Å². The molecule has 15 heavy (non-hydrogen) atoms. The first kappa shape index (κ1) is 12.0. The molecule has 0 saturated heterocycles. The fourth-order valence-electron chi connectivity index (χ4n) is 1.59. The molecule has 0 spiro atoms. The third kappa shape index (κ3) is 3.54. The Labute approximate surface area is 92.7 Å². The number of ether oxygens (including phenoxy) is 1. The van der Waals surface area contributed by atoms with E-state index in [2.05, 4.69) is 32.7 Å². The summed E-state index contributed by atoms with van der Waals surface area (Å²) in [5, 5.41) is 0. The molecule has 2 nitrogen and oxygen atoms in total. The molecule has 1 heterocycles. The maximum Gasteiger partial charge on any atom is 0.123 e. The van der Waals surface area contributed by atoms with Gasteiger partial charge in [-0.2, -0.15) is 0 Å². The number of hydrogen-bond donors (Lipinski definition) is 0. The van der Waals surface area contributed by atoms with Crippen LogP contribution in [0.5, 0.6) is 5.75 Å². The van der Waals surface area contributed by atoms with Gasteiger partial charge < -0.3 is 4.74 Å². The molecule has 1 aromatic rings. The van der Waals surface area contributed by atoms with E-state index in [4.69, 9.17) is 4.74 Å². The highest BCUT2D eigenvalue weighted by Crippen LogP contribution is 2.27. The van der Waals surface area contributed by atoms with Crippen molar-refractivity contribution < 1.29 is 4.74 Å². The largest absolute Gasteiger partial charge is 0.487 e. The minimum absolute atomic E-state index is 0.114. The molecule has 0 aliphatic rings. The topological polar surface area (TPSA) is 22.1 Å². The zero-order valence-corrected chi connectivity index (χ0v) is 10.2. The number of hydrogen-bond acceptors (Lipinski definition) is 2. The molecule has 0 amide bonds. The summed E-state index contributed by atoms with van der Waals surface area (Å²) in [7, 11) is 0. The first-order valence-corrected chi connectivity index (χ1v) is 5.65. The summed E-state index contributed by atoms with van der Waals surface area (Å²) in [4.78, 5) is 3.98. The van der Waals surface area contributed by atoms with E-state index >= 15 is 0 Å². The quantitative estimate of drug-likeness (QED) is 0.735. The number of aromatic nitrogens is 1. The SMILES string of the molecule is CCCC(C)C(C)(C)Oc1ccncc1. The van der Waals surface area contributed by atoms with Crippen LogP contribution in [0.4, 0.5) is 0 Å². The van der Waals surface area contributed by atoms with Gasteiger partial charge in [0.25, 0.3) is 0 Å². The molecule has 1 unspecified atom stereocenters. The molecule has 0 saturated carbocycles. The smallest absolute Gasteiger partial charge is 0.123 e. The van der Waals surface area contributed by atoms with Crippen LogP contribution in [0.2, 0.25) is 0 Å². The Kier molecular flexibility index (Phi) is 4.13. The summed E-state index contributed by atoms with van der Waals surface area (Å²) in [6.07, 6.45) is 5.91. The number of pyridine rings is 1. The summed E-state index contributed by atoms with van der Waals surface area (Å²) < 4.78 is 5.98. The minimum Gasteiger partial charge on any atom is -0.487 e. The van der Waals surface area contributed by atoms with Crippen molar-refractivity contribution in [3.63, 3.8) is 0 Å². The molecule has 1 rings (SSSR count). The first-order chi connectivity index (χ1) is 7.06. The molecule has 0 aromatic carbocycles. The Morgan fingerprint density at radius 1 is 1.33 bits per heavy atom. The van der Waals surface area contributed by atoms with Crippen molar-refractivity contribution in [3.05, 3.63) is 24.5 Å². The third-order valence-electron chi connectivity index (χ3n) is 2.94. The van der Waals surface area contributed by atoms with Crippen LogP contribution in [0.15, 0.2) is 24.5 Å². The Morgan fingerprint density at radius 2 is 1.93 bits per heavy atom. The maximum atomic E-state index is 5.98. The van der Waals surface area contributed by atoms with Crippen LogP contribution in [0.3, 0.4) is 0 Å². The lowest BCUT2D eigenvalue weighted by molar-refractivity contribution is 0.0474. The van der Waals surface area contributed by atoms with Gasteiger partial charge in [-0.3, -0.25) is 4.98 Å². The van der Waals surface area contributed by atoms with Gasteiger partial charge >= 0.3 is 0 Å². The van der Waals surface area contributed by atoms with Gasteiger partial charge in [-0.1, -0.05) is 20.3 Å². The van der Waals surface area contributed by atoms with Gasteiger partial charge in [0.1, 0.15) is 11.4 Å². The second kappa shape index (κ2) is 5.15. The highest BCUT2D eigenvalue weighted by Gasteiger charge is 2.27. The lowest BCUT2D eigenvalue weighted by Gasteiger charge is -2.32. The van der Waals surface area contributed by atoms with Crippen molar-refractivity contribution in [3.8, 4) is 5.75 Å². The van der Waals surface area contributed by atoms with Crippen LogP contribution < -0.4 is 4.74 Å². The van der Waals surface area contributed by atoms with E-state index in [0.29, 0.717) is 5.92 Å². The van der Waals surface area contributed by atoms with E-state index in [-0.39, 0.29) is 5.60 Å². The fraction of sp³-hybridized carbons (Fsp3) is 0.615. The fourth-order valence-corrected chi connectivity index (χ4v) is 1.59. The predicted molar refractivity (Wildman–Crippen MR) is 63.0 cm³/mol. The molecular weight excluding hydrogens is 186 g/mol. The molecule has 0 N–H and O–H groups in total. The molecule has 0 fully saturated rings. The molecular formula is C13H21NO. The van der Waals surface area contributed by atoms with Gasteiger partial charge in [-0.15, -0.1) is 0 Å². The lowest BCUT2D eigenvalue weighted by Crippen LogP contribution is -2.35. The van der Waals surface area contributed by atoms with Gasteiger partial charge in [0.2, 0.25) is 0 Å². The van der Waals surface area contributed by atoms with Crippen LogP contribution in [-0.2, 0) is 0 Å². The molecule has 1 aromatic heterocycles.